The van der Waals surface area contributed by atoms with Crippen LogP contribution in [-0.2, 0) is 15.6 Å². The number of sulfone groups is 1. The van der Waals surface area contributed by atoms with Gasteiger partial charge in [0.25, 0.3) is 5.91 Å². The first-order chi connectivity index (χ1) is 10.2. The molecule has 116 valence electrons. The van der Waals surface area contributed by atoms with Gasteiger partial charge in [0.15, 0.2) is 9.84 Å². The smallest absolute Gasteiger partial charge is 0.255 e. The third kappa shape index (κ3) is 4.81. The van der Waals surface area contributed by atoms with E-state index in [2.05, 4.69) is 27.9 Å². The van der Waals surface area contributed by atoms with Gasteiger partial charge >= 0.3 is 0 Å². The fourth-order valence-electron chi connectivity index (χ4n) is 2.07. The van der Waals surface area contributed by atoms with Gasteiger partial charge in [0.05, 0.1) is 5.75 Å². The molecule has 0 atom stereocenters. The number of halogens is 1. The average molecular weight is 429 g/mol. The number of hydrogen-bond donors (Lipinski definition) is 1. The van der Waals surface area contributed by atoms with E-state index in [0.29, 0.717) is 11.1 Å². The molecule has 2 aromatic carbocycles. The third-order valence-corrected chi connectivity index (χ3v) is 4.58. The van der Waals surface area contributed by atoms with Gasteiger partial charge in [-0.15, -0.1) is 0 Å². The van der Waals surface area contributed by atoms with Crippen LogP contribution in [0.15, 0.2) is 42.5 Å². The number of anilines is 1. The highest BCUT2D eigenvalue weighted by Crippen LogP contribution is 2.19. The Kier molecular flexibility index (Phi) is 5.23. The molecule has 1 N–H and O–H groups in total. The van der Waals surface area contributed by atoms with Crippen LogP contribution in [0.1, 0.15) is 21.5 Å². The van der Waals surface area contributed by atoms with Crippen LogP contribution < -0.4 is 5.32 Å². The molecule has 0 bridgehead atoms. The van der Waals surface area contributed by atoms with Crippen molar-refractivity contribution < 1.29 is 13.2 Å². The number of nitrogens with one attached hydrogen (secondary N) is 1. The summed E-state index contributed by atoms with van der Waals surface area (Å²) in [6, 6.07) is 12.4. The number of rotatable bonds is 4. The van der Waals surface area contributed by atoms with Gasteiger partial charge in [0.1, 0.15) is 0 Å². The van der Waals surface area contributed by atoms with Gasteiger partial charge in [-0.2, -0.15) is 0 Å². The Morgan fingerprint density at radius 1 is 1.18 bits per heavy atom. The van der Waals surface area contributed by atoms with Crippen molar-refractivity contribution in [3.8, 4) is 0 Å². The Morgan fingerprint density at radius 3 is 2.55 bits per heavy atom. The van der Waals surface area contributed by atoms with Gasteiger partial charge in [-0.25, -0.2) is 8.42 Å². The molecule has 0 heterocycles. The first kappa shape index (κ1) is 17.0. The molecule has 0 aliphatic carbocycles. The predicted octanol–water partition coefficient (Wildman–Crippen LogP) is 3.40. The number of aryl methyl sites for hydroxylation is 1. The van der Waals surface area contributed by atoms with E-state index in [1.165, 1.54) is 6.26 Å². The van der Waals surface area contributed by atoms with Gasteiger partial charge in [-0.3, -0.25) is 4.79 Å². The maximum Gasteiger partial charge on any atom is 0.255 e. The molecule has 2 rings (SSSR count). The molecule has 22 heavy (non-hydrogen) atoms. The summed E-state index contributed by atoms with van der Waals surface area (Å²) in [5, 5.41) is 2.85. The minimum absolute atomic E-state index is 0.0727. The highest BCUT2D eigenvalue weighted by atomic mass is 127. The maximum absolute atomic E-state index is 12.3. The van der Waals surface area contributed by atoms with Crippen molar-refractivity contribution in [3.05, 3.63) is 62.7 Å². The molecule has 2 aromatic rings. The van der Waals surface area contributed by atoms with Crippen molar-refractivity contribution in [2.24, 2.45) is 0 Å². The molecule has 0 saturated heterocycles. The molecule has 0 aliphatic rings. The van der Waals surface area contributed by atoms with Crippen molar-refractivity contribution in [3.63, 3.8) is 0 Å². The Morgan fingerprint density at radius 2 is 1.91 bits per heavy atom. The van der Waals surface area contributed by atoms with Crippen LogP contribution in [0.2, 0.25) is 0 Å². The zero-order valence-corrected chi connectivity index (χ0v) is 15.2. The van der Waals surface area contributed by atoms with Crippen LogP contribution in [0.25, 0.3) is 0 Å². The monoisotopic (exact) mass is 429 g/mol. The average Bonchev–Trinajstić information content (AvgIpc) is 2.40. The fraction of sp³-hybridized carbons (Fsp3) is 0.188. The quantitative estimate of drug-likeness (QED) is 0.758. The summed E-state index contributed by atoms with van der Waals surface area (Å²) in [4.78, 5) is 12.3. The molecule has 4 nitrogen and oxygen atoms in total. The van der Waals surface area contributed by atoms with E-state index in [1.54, 1.807) is 24.3 Å². The molecule has 0 radical (unpaired) electrons. The van der Waals surface area contributed by atoms with Crippen molar-refractivity contribution >= 4 is 44.0 Å². The standard InChI is InChI=1S/C16H16INO3S/c1-11-8-14(17)6-7-15(11)18-16(19)13-5-3-4-12(9-13)10-22(2,20)21/h3-9H,10H2,1-2H3,(H,18,19). The summed E-state index contributed by atoms with van der Waals surface area (Å²) in [6.07, 6.45) is 1.18. The van der Waals surface area contributed by atoms with Gasteiger partial charge in [-0.1, -0.05) is 12.1 Å². The lowest BCUT2D eigenvalue weighted by atomic mass is 10.1. The van der Waals surface area contributed by atoms with Crippen LogP contribution in [0, 0.1) is 10.5 Å². The minimum Gasteiger partial charge on any atom is -0.322 e. The Labute approximate surface area is 144 Å². The molecule has 0 spiro atoms. The number of amides is 1. The SMILES string of the molecule is Cc1cc(I)ccc1NC(=O)c1cccc(CS(C)(=O)=O)c1. The number of benzene rings is 2. The molecule has 0 unspecified atom stereocenters. The summed E-state index contributed by atoms with van der Waals surface area (Å²) < 4.78 is 23.8. The second kappa shape index (κ2) is 6.78. The maximum atomic E-state index is 12.3. The Balaban J connectivity index is 2.21. The third-order valence-electron chi connectivity index (χ3n) is 3.05. The van der Waals surface area contributed by atoms with E-state index in [-0.39, 0.29) is 11.7 Å². The van der Waals surface area contributed by atoms with Gasteiger partial charge in [0, 0.05) is 21.1 Å². The summed E-state index contributed by atoms with van der Waals surface area (Å²) in [5.74, 6) is -0.323. The van der Waals surface area contributed by atoms with Crippen LogP contribution in [0.3, 0.4) is 0 Å². The Hall–Kier alpha value is -1.41. The highest BCUT2D eigenvalue weighted by Gasteiger charge is 2.10. The van der Waals surface area contributed by atoms with Gasteiger partial charge < -0.3 is 5.32 Å². The molecule has 0 saturated carbocycles. The van der Waals surface area contributed by atoms with Gasteiger partial charge in [-0.05, 0) is 71.0 Å². The lowest BCUT2D eigenvalue weighted by Crippen LogP contribution is -2.13. The normalized spacial score (nSPS) is 11.2. The Bertz CT molecular complexity index is 816. The number of hydrogen-bond acceptors (Lipinski definition) is 3. The molecule has 0 aliphatic heterocycles. The largest absolute Gasteiger partial charge is 0.322 e. The lowest BCUT2D eigenvalue weighted by molar-refractivity contribution is 0.102. The van der Waals surface area contributed by atoms with E-state index in [1.807, 2.05) is 25.1 Å². The zero-order valence-electron chi connectivity index (χ0n) is 12.3. The van der Waals surface area contributed by atoms with E-state index in [4.69, 9.17) is 0 Å². The topological polar surface area (TPSA) is 63.2 Å². The van der Waals surface area contributed by atoms with E-state index in [0.717, 1.165) is 14.8 Å². The van der Waals surface area contributed by atoms with Crippen LogP contribution in [0.4, 0.5) is 5.69 Å². The van der Waals surface area contributed by atoms with E-state index in [9.17, 15) is 13.2 Å². The summed E-state index contributed by atoms with van der Waals surface area (Å²) >= 11 is 2.21. The fourth-order valence-corrected chi connectivity index (χ4v) is 3.50. The van der Waals surface area contributed by atoms with Crippen LogP contribution in [-0.4, -0.2) is 20.6 Å². The van der Waals surface area contributed by atoms with Crippen molar-refractivity contribution in [1.82, 2.24) is 0 Å². The predicted molar refractivity (Wildman–Crippen MR) is 96.8 cm³/mol. The zero-order chi connectivity index (χ0) is 16.3. The first-order valence-corrected chi connectivity index (χ1v) is 9.73. The molecule has 6 heteroatoms. The molecule has 0 fully saturated rings. The molecular weight excluding hydrogens is 413 g/mol. The van der Waals surface area contributed by atoms with Crippen molar-refractivity contribution in [1.29, 1.82) is 0 Å². The van der Waals surface area contributed by atoms with Crippen LogP contribution >= 0.6 is 22.6 Å². The van der Waals surface area contributed by atoms with Crippen LogP contribution in [0.5, 0.6) is 0 Å². The lowest BCUT2D eigenvalue weighted by Gasteiger charge is -2.09. The van der Waals surface area contributed by atoms with E-state index < -0.39 is 9.84 Å². The number of carbonyl (C=O) groups excluding carboxylic acids is 1. The van der Waals surface area contributed by atoms with Crippen molar-refractivity contribution in [2.45, 2.75) is 12.7 Å². The molecular formula is C16H16INO3S. The number of carbonyl (C=O) groups is 1. The molecule has 1 amide bonds. The van der Waals surface area contributed by atoms with E-state index >= 15 is 0 Å². The second-order valence-electron chi connectivity index (χ2n) is 5.18. The highest BCUT2D eigenvalue weighted by molar-refractivity contribution is 14.1. The summed E-state index contributed by atoms with van der Waals surface area (Å²) in [7, 11) is -3.12. The second-order valence-corrected chi connectivity index (χ2v) is 8.57. The molecule has 0 aromatic heterocycles. The van der Waals surface area contributed by atoms with Crippen molar-refractivity contribution in [2.75, 3.05) is 11.6 Å². The van der Waals surface area contributed by atoms with Gasteiger partial charge in [0.2, 0.25) is 0 Å². The summed E-state index contributed by atoms with van der Waals surface area (Å²) in [5.41, 5.74) is 2.78. The minimum atomic E-state index is -3.12. The first-order valence-electron chi connectivity index (χ1n) is 6.59. The summed E-state index contributed by atoms with van der Waals surface area (Å²) in [6.45, 7) is 1.93.